The van der Waals surface area contributed by atoms with Crippen molar-refractivity contribution in [3.05, 3.63) is 29.8 Å². The lowest BCUT2D eigenvalue weighted by atomic mass is 10.2. The van der Waals surface area contributed by atoms with Crippen LogP contribution < -0.4 is 29.6 Å². The number of benzene rings is 1. The Morgan fingerprint density at radius 2 is 1.88 bits per heavy atom. The van der Waals surface area contributed by atoms with Gasteiger partial charge in [-0.05, 0) is 18.2 Å². The number of aliphatic imine (C=N–C) groups is 2. The zero-order valence-corrected chi connectivity index (χ0v) is 9.43. The molecule has 0 heterocycles. The summed E-state index contributed by atoms with van der Waals surface area (Å²) in [5, 5.41) is 8.74. The van der Waals surface area contributed by atoms with Gasteiger partial charge in [-0.2, -0.15) is 4.99 Å². The van der Waals surface area contributed by atoms with Gasteiger partial charge in [-0.1, -0.05) is 6.07 Å². The second kappa shape index (κ2) is 6.33. The molecular weight excluding hydrogens is 246 g/mol. The van der Waals surface area contributed by atoms with Crippen molar-refractivity contribution in [1.29, 1.82) is 0 Å². The number of rotatable bonds is 2. The molecule has 0 aliphatic carbocycles. The summed E-state index contributed by atoms with van der Waals surface area (Å²) in [4.78, 5) is 18.0. The van der Waals surface area contributed by atoms with E-state index in [0.717, 1.165) is 0 Å². The third-order valence-corrected chi connectivity index (χ3v) is 1.58. The second-order valence-electron chi connectivity index (χ2n) is 2.86. The number of guanidine groups is 2. The highest BCUT2D eigenvalue weighted by Gasteiger charge is 2.02. The van der Waals surface area contributed by atoms with Crippen molar-refractivity contribution in [1.82, 2.24) is 0 Å². The average Bonchev–Trinajstić information content (AvgIpc) is 2.16. The van der Waals surface area contributed by atoms with Crippen LogP contribution in [-0.2, 0) is 0 Å². The SMILES string of the molecule is NC(N)=NC(N)=Nc1cccc(C(=O)O)c1.[Cl-]. The maximum absolute atomic E-state index is 10.7. The number of halogens is 1. The number of hydrogen-bond acceptors (Lipinski definition) is 2. The van der Waals surface area contributed by atoms with Crippen molar-refractivity contribution in [2.24, 2.45) is 27.2 Å². The number of carboxylic acids is 1. The highest BCUT2D eigenvalue weighted by molar-refractivity contribution is 5.94. The van der Waals surface area contributed by atoms with Crippen LogP contribution in [0, 0.1) is 0 Å². The van der Waals surface area contributed by atoms with E-state index >= 15 is 0 Å². The highest BCUT2D eigenvalue weighted by atomic mass is 35.5. The monoisotopic (exact) mass is 256 g/mol. The van der Waals surface area contributed by atoms with Crippen LogP contribution in [0.15, 0.2) is 34.3 Å². The number of nitrogens with zero attached hydrogens (tertiary/aromatic N) is 2. The standard InChI is InChI=1S/C9H11N5O2.ClH/c10-8(11)14-9(12)13-6-3-1-2-5(4-6)7(15)16;/h1-4H,(H,15,16)(H6,10,11,12,13,14);1H/p-1. The summed E-state index contributed by atoms with van der Waals surface area (Å²) in [7, 11) is 0. The first-order chi connectivity index (χ1) is 7.49. The molecule has 0 saturated heterocycles. The Bertz CT molecular complexity index is 468. The van der Waals surface area contributed by atoms with E-state index in [1.165, 1.54) is 12.1 Å². The van der Waals surface area contributed by atoms with E-state index in [1.807, 2.05) is 0 Å². The maximum atomic E-state index is 10.7. The van der Waals surface area contributed by atoms with Gasteiger partial charge in [0.05, 0.1) is 11.3 Å². The lowest BCUT2D eigenvalue weighted by molar-refractivity contribution is -0.0000193. The molecule has 0 aromatic heterocycles. The third-order valence-electron chi connectivity index (χ3n) is 1.58. The molecule has 7 nitrogen and oxygen atoms in total. The number of nitrogens with two attached hydrogens (primary N) is 3. The minimum Gasteiger partial charge on any atom is -1.00 e. The average molecular weight is 257 g/mol. The molecule has 1 rings (SSSR count). The molecule has 1 aromatic carbocycles. The van der Waals surface area contributed by atoms with Gasteiger partial charge in [-0.25, -0.2) is 9.79 Å². The highest BCUT2D eigenvalue weighted by Crippen LogP contribution is 2.13. The van der Waals surface area contributed by atoms with E-state index in [2.05, 4.69) is 9.98 Å². The lowest BCUT2D eigenvalue weighted by Crippen LogP contribution is -3.00. The minimum absolute atomic E-state index is 0. The number of aromatic carboxylic acids is 1. The van der Waals surface area contributed by atoms with Crippen LogP contribution in [0.1, 0.15) is 10.4 Å². The largest absolute Gasteiger partial charge is 1.00 e. The van der Waals surface area contributed by atoms with Crippen molar-refractivity contribution >= 4 is 23.6 Å². The topological polar surface area (TPSA) is 140 Å². The van der Waals surface area contributed by atoms with E-state index in [-0.39, 0.29) is 29.9 Å². The first kappa shape index (κ1) is 14.7. The Labute approximate surface area is 103 Å². The molecule has 92 valence electrons. The first-order valence-electron chi connectivity index (χ1n) is 4.26. The summed E-state index contributed by atoms with van der Waals surface area (Å²) in [6.07, 6.45) is 0. The number of carbonyl (C=O) groups is 1. The van der Waals surface area contributed by atoms with Gasteiger partial charge in [0.25, 0.3) is 0 Å². The molecule has 0 aliphatic heterocycles. The fraction of sp³-hybridized carbons (Fsp3) is 0. The number of carboxylic acid groups (broad SMARTS) is 1. The zero-order chi connectivity index (χ0) is 12.1. The lowest BCUT2D eigenvalue weighted by Gasteiger charge is -1.97. The minimum atomic E-state index is -1.04. The van der Waals surface area contributed by atoms with Gasteiger partial charge in [-0.15, -0.1) is 0 Å². The zero-order valence-electron chi connectivity index (χ0n) is 8.67. The molecule has 0 unspecified atom stereocenters. The molecule has 0 spiro atoms. The summed E-state index contributed by atoms with van der Waals surface area (Å²) in [5.74, 6) is -1.39. The second-order valence-corrected chi connectivity index (χ2v) is 2.86. The number of hydrogen-bond donors (Lipinski definition) is 4. The fourth-order valence-electron chi connectivity index (χ4n) is 0.998. The Balaban J connectivity index is 0.00000256. The fourth-order valence-corrected chi connectivity index (χ4v) is 0.998. The first-order valence-corrected chi connectivity index (χ1v) is 4.26. The molecule has 0 amide bonds. The van der Waals surface area contributed by atoms with Crippen LogP contribution in [0.4, 0.5) is 5.69 Å². The van der Waals surface area contributed by atoms with Crippen LogP contribution in [0.25, 0.3) is 0 Å². The normalized spacial score (nSPS) is 10.2. The summed E-state index contributed by atoms with van der Waals surface area (Å²) < 4.78 is 0. The molecule has 0 saturated carbocycles. The van der Waals surface area contributed by atoms with Crippen LogP contribution in [0.3, 0.4) is 0 Å². The molecule has 0 aliphatic rings. The predicted octanol–water partition coefficient (Wildman–Crippen LogP) is -3.39. The van der Waals surface area contributed by atoms with Crippen molar-refractivity contribution in [3.63, 3.8) is 0 Å². The molecule has 17 heavy (non-hydrogen) atoms. The molecule has 1 aromatic rings. The van der Waals surface area contributed by atoms with Gasteiger partial charge in [-0.3, -0.25) is 0 Å². The Hall–Kier alpha value is -2.28. The van der Waals surface area contributed by atoms with E-state index in [1.54, 1.807) is 12.1 Å². The maximum Gasteiger partial charge on any atom is 0.335 e. The van der Waals surface area contributed by atoms with Gasteiger partial charge < -0.3 is 34.7 Å². The van der Waals surface area contributed by atoms with Crippen LogP contribution in [0.5, 0.6) is 0 Å². The van der Waals surface area contributed by atoms with Crippen molar-refractivity contribution in [3.8, 4) is 0 Å². The van der Waals surface area contributed by atoms with Gasteiger partial charge in [0.2, 0.25) is 5.96 Å². The van der Waals surface area contributed by atoms with E-state index in [9.17, 15) is 4.79 Å². The molecule has 0 atom stereocenters. The quantitative estimate of drug-likeness (QED) is 0.323. The summed E-state index contributed by atoms with van der Waals surface area (Å²) in [6, 6.07) is 5.93. The predicted molar refractivity (Wildman–Crippen MR) is 60.5 cm³/mol. The van der Waals surface area contributed by atoms with E-state index in [0.29, 0.717) is 5.69 Å². The Kier molecular flexibility index (Phi) is 5.48. The van der Waals surface area contributed by atoms with Crippen molar-refractivity contribution in [2.75, 3.05) is 0 Å². The third kappa shape index (κ3) is 4.85. The molecular formula is C9H11ClN5O2-. The molecule has 8 heteroatoms. The molecule has 0 fully saturated rings. The Morgan fingerprint density at radius 3 is 2.41 bits per heavy atom. The molecule has 7 N–H and O–H groups in total. The smallest absolute Gasteiger partial charge is 0.335 e. The molecule has 0 bridgehead atoms. The summed E-state index contributed by atoms with van der Waals surface area (Å²) in [5.41, 5.74) is 16.1. The van der Waals surface area contributed by atoms with Crippen LogP contribution >= 0.6 is 0 Å². The van der Waals surface area contributed by atoms with Gasteiger partial charge in [0.1, 0.15) is 0 Å². The van der Waals surface area contributed by atoms with Crippen molar-refractivity contribution in [2.45, 2.75) is 0 Å². The van der Waals surface area contributed by atoms with Crippen LogP contribution in [-0.4, -0.2) is 23.0 Å². The van der Waals surface area contributed by atoms with Crippen LogP contribution in [0.2, 0.25) is 0 Å². The summed E-state index contributed by atoms with van der Waals surface area (Å²) in [6.45, 7) is 0. The molecule has 0 radical (unpaired) electrons. The van der Waals surface area contributed by atoms with Gasteiger partial charge in [0, 0.05) is 0 Å². The summed E-state index contributed by atoms with van der Waals surface area (Å²) >= 11 is 0. The van der Waals surface area contributed by atoms with Crippen molar-refractivity contribution < 1.29 is 22.3 Å². The van der Waals surface area contributed by atoms with E-state index < -0.39 is 5.97 Å². The van der Waals surface area contributed by atoms with Gasteiger partial charge >= 0.3 is 5.97 Å². The Morgan fingerprint density at radius 1 is 1.24 bits per heavy atom. The van der Waals surface area contributed by atoms with E-state index in [4.69, 9.17) is 22.3 Å². The van der Waals surface area contributed by atoms with Gasteiger partial charge in [0.15, 0.2) is 5.96 Å².